The van der Waals surface area contributed by atoms with Crippen molar-refractivity contribution in [3.8, 4) is 28.7 Å². The molecule has 0 fully saturated rings. The molecule has 0 unspecified atom stereocenters. The number of aromatic hydroxyl groups is 2. The third-order valence-corrected chi connectivity index (χ3v) is 5.43. The quantitative estimate of drug-likeness (QED) is 0.862. The number of phenols is 2. The van der Waals surface area contributed by atoms with Crippen LogP contribution in [0.3, 0.4) is 0 Å². The summed E-state index contributed by atoms with van der Waals surface area (Å²) in [6.07, 6.45) is 1.12. The van der Waals surface area contributed by atoms with Gasteiger partial charge in [0.1, 0.15) is 0 Å². The Morgan fingerprint density at radius 1 is 1.07 bits per heavy atom. The van der Waals surface area contributed by atoms with Gasteiger partial charge in [-0.05, 0) is 36.1 Å². The van der Waals surface area contributed by atoms with Crippen molar-refractivity contribution in [2.45, 2.75) is 18.9 Å². The molecule has 0 saturated carbocycles. The Balaban J connectivity index is 1.89. The van der Waals surface area contributed by atoms with Gasteiger partial charge in [0.2, 0.25) is 5.75 Å². The van der Waals surface area contributed by atoms with Gasteiger partial charge in [0.25, 0.3) is 5.91 Å². The van der Waals surface area contributed by atoms with E-state index < -0.39 is 0 Å². The van der Waals surface area contributed by atoms with Gasteiger partial charge < -0.3 is 29.3 Å². The second-order valence-electron chi connectivity index (χ2n) is 6.65. The van der Waals surface area contributed by atoms with Crippen LogP contribution in [0.1, 0.15) is 33.1 Å². The number of amides is 1. The largest absolute Gasteiger partial charge is 0.504 e. The lowest BCUT2D eigenvalue weighted by Gasteiger charge is -2.42. The maximum Gasteiger partial charge on any atom is 0.258 e. The number of rotatable bonds is 3. The predicted octanol–water partition coefficient (Wildman–Crippen LogP) is 2.42. The van der Waals surface area contributed by atoms with Crippen LogP contribution in [0.5, 0.6) is 28.7 Å². The third kappa shape index (κ3) is 2.38. The molecule has 1 amide bonds. The molecule has 0 aliphatic carbocycles. The molecule has 2 aliphatic heterocycles. The first kappa shape index (κ1) is 17.3. The second-order valence-corrected chi connectivity index (χ2v) is 6.65. The maximum atomic E-state index is 13.2. The number of hydrogen-bond acceptors (Lipinski definition) is 6. The van der Waals surface area contributed by atoms with E-state index in [0.29, 0.717) is 36.4 Å². The Bertz CT molecular complexity index is 939. The molecule has 27 heavy (non-hydrogen) atoms. The van der Waals surface area contributed by atoms with Crippen LogP contribution >= 0.6 is 0 Å². The number of carbonyl (C=O) groups excluding carboxylic acids is 1. The van der Waals surface area contributed by atoms with Crippen molar-refractivity contribution in [3.05, 3.63) is 40.5 Å². The molecule has 2 aliphatic rings. The SMILES string of the molecule is COc1cc2c(c(OC)c1O)CCN1C(=O)c3c(ccc(O)c3OC)C[C@@H]21. The van der Waals surface area contributed by atoms with Crippen LogP contribution < -0.4 is 14.2 Å². The van der Waals surface area contributed by atoms with Crippen molar-refractivity contribution >= 4 is 5.91 Å². The summed E-state index contributed by atoms with van der Waals surface area (Å²) in [6.45, 7) is 0.483. The van der Waals surface area contributed by atoms with E-state index in [1.165, 1.54) is 21.3 Å². The van der Waals surface area contributed by atoms with Gasteiger partial charge >= 0.3 is 0 Å². The minimum absolute atomic E-state index is 0.0265. The van der Waals surface area contributed by atoms with Gasteiger partial charge in [0.05, 0.1) is 32.9 Å². The molecule has 1 atom stereocenters. The van der Waals surface area contributed by atoms with E-state index in [0.717, 1.165) is 16.7 Å². The number of hydrogen-bond donors (Lipinski definition) is 2. The number of benzene rings is 2. The minimum Gasteiger partial charge on any atom is -0.504 e. The summed E-state index contributed by atoms with van der Waals surface area (Å²) >= 11 is 0. The van der Waals surface area contributed by atoms with Gasteiger partial charge in [-0.15, -0.1) is 0 Å². The first-order chi connectivity index (χ1) is 13.0. The zero-order valence-electron chi connectivity index (χ0n) is 15.4. The van der Waals surface area contributed by atoms with Crippen molar-refractivity contribution in [2.24, 2.45) is 0 Å². The highest BCUT2D eigenvalue weighted by atomic mass is 16.5. The van der Waals surface area contributed by atoms with Gasteiger partial charge in [0, 0.05) is 12.1 Å². The van der Waals surface area contributed by atoms with E-state index >= 15 is 0 Å². The summed E-state index contributed by atoms with van der Waals surface area (Å²) in [6, 6.07) is 4.87. The molecule has 7 nitrogen and oxygen atoms in total. The highest BCUT2D eigenvalue weighted by molar-refractivity contribution is 6.01. The molecule has 2 heterocycles. The fraction of sp³-hybridized carbons (Fsp3) is 0.350. The minimum atomic E-state index is -0.202. The zero-order chi connectivity index (χ0) is 19.3. The van der Waals surface area contributed by atoms with Crippen molar-refractivity contribution < 1.29 is 29.2 Å². The predicted molar refractivity (Wildman–Crippen MR) is 97.1 cm³/mol. The van der Waals surface area contributed by atoms with Gasteiger partial charge in [-0.1, -0.05) is 6.07 Å². The molecule has 4 rings (SSSR count). The lowest BCUT2D eigenvalue weighted by Crippen LogP contribution is -2.44. The molecule has 2 aromatic rings. The normalized spacial score (nSPS) is 17.7. The van der Waals surface area contributed by atoms with Gasteiger partial charge in [0.15, 0.2) is 23.0 Å². The molecule has 0 bridgehead atoms. The average Bonchev–Trinajstić information content (AvgIpc) is 2.67. The summed E-state index contributed by atoms with van der Waals surface area (Å²) in [4.78, 5) is 15.0. The first-order valence-electron chi connectivity index (χ1n) is 8.68. The number of nitrogens with zero attached hydrogens (tertiary/aromatic N) is 1. The average molecular weight is 371 g/mol. The maximum absolute atomic E-state index is 13.2. The van der Waals surface area contributed by atoms with Crippen LogP contribution in [-0.4, -0.2) is 48.9 Å². The first-order valence-corrected chi connectivity index (χ1v) is 8.68. The standard InChI is InChI=1S/C20H21NO6/c1-25-15-9-12-11(18(26-2)17(15)23)6-7-21-13(12)8-10-4-5-14(22)19(27-3)16(10)20(21)24/h4-5,9,13,22-23H,6-8H2,1-3H3/t13-/m0/s1. The fourth-order valence-electron chi connectivity index (χ4n) is 4.21. The molecular weight excluding hydrogens is 350 g/mol. The Labute approximate surface area is 156 Å². The fourth-order valence-corrected chi connectivity index (χ4v) is 4.21. The van der Waals surface area contributed by atoms with Crippen molar-refractivity contribution in [3.63, 3.8) is 0 Å². The van der Waals surface area contributed by atoms with Crippen LogP contribution in [-0.2, 0) is 12.8 Å². The third-order valence-electron chi connectivity index (χ3n) is 5.43. The smallest absolute Gasteiger partial charge is 0.258 e. The summed E-state index contributed by atoms with van der Waals surface area (Å²) in [5.74, 6) is 0.669. The zero-order valence-corrected chi connectivity index (χ0v) is 15.4. The second kappa shape index (κ2) is 6.26. The van der Waals surface area contributed by atoms with Crippen molar-refractivity contribution in [1.29, 1.82) is 0 Å². The Hall–Kier alpha value is -3.09. The Kier molecular flexibility index (Phi) is 4.02. The van der Waals surface area contributed by atoms with Gasteiger partial charge in [-0.3, -0.25) is 4.79 Å². The van der Waals surface area contributed by atoms with Crippen molar-refractivity contribution in [1.82, 2.24) is 4.90 Å². The van der Waals surface area contributed by atoms with Crippen LogP contribution in [0, 0.1) is 0 Å². The lowest BCUT2D eigenvalue weighted by atomic mass is 9.82. The molecular formula is C20H21NO6. The van der Waals surface area contributed by atoms with Gasteiger partial charge in [-0.25, -0.2) is 0 Å². The van der Waals surface area contributed by atoms with E-state index in [4.69, 9.17) is 14.2 Å². The molecule has 2 N–H and O–H groups in total. The molecule has 7 heteroatoms. The summed E-state index contributed by atoms with van der Waals surface area (Å²) in [7, 11) is 4.44. The van der Waals surface area contributed by atoms with E-state index in [1.807, 2.05) is 0 Å². The van der Waals surface area contributed by atoms with Crippen LogP contribution in [0.15, 0.2) is 18.2 Å². The van der Waals surface area contributed by atoms with Gasteiger partial charge in [-0.2, -0.15) is 0 Å². The summed E-state index contributed by atoms with van der Waals surface area (Å²) in [5.41, 5.74) is 3.02. The highest BCUT2D eigenvalue weighted by Gasteiger charge is 2.41. The number of phenolic OH excluding ortho intramolecular Hbond substituents is 2. The van der Waals surface area contributed by atoms with Crippen molar-refractivity contribution in [2.75, 3.05) is 27.9 Å². The van der Waals surface area contributed by atoms with E-state index in [-0.39, 0.29) is 29.2 Å². The van der Waals surface area contributed by atoms with Crippen LogP contribution in [0.2, 0.25) is 0 Å². The molecule has 2 aromatic carbocycles. The molecule has 0 radical (unpaired) electrons. The topological polar surface area (TPSA) is 88.5 Å². The number of carbonyl (C=O) groups is 1. The van der Waals surface area contributed by atoms with E-state index in [9.17, 15) is 15.0 Å². The van der Waals surface area contributed by atoms with Crippen LogP contribution in [0.4, 0.5) is 0 Å². The summed E-state index contributed by atoms with van der Waals surface area (Å²) < 4.78 is 16.0. The highest BCUT2D eigenvalue weighted by Crippen LogP contribution is 2.49. The van der Waals surface area contributed by atoms with E-state index in [1.54, 1.807) is 23.1 Å². The number of methoxy groups -OCH3 is 3. The molecule has 142 valence electrons. The molecule has 0 aromatic heterocycles. The Morgan fingerprint density at radius 3 is 2.48 bits per heavy atom. The molecule has 0 saturated heterocycles. The Morgan fingerprint density at radius 2 is 1.81 bits per heavy atom. The number of fused-ring (bicyclic) bond motifs is 4. The lowest BCUT2D eigenvalue weighted by molar-refractivity contribution is 0.0624. The summed E-state index contributed by atoms with van der Waals surface area (Å²) in [5, 5.41) is 20.4. The number of ether oxygens (including phenoxy) is 3. The van der Waals surface area contributed by atoms with Crippen LogP contribution in [0.25, 0.3) is 0 Å². The van der Waals surface area contributed by atoms with E-state index in [2.05, 4.69) is 0 Å². The monoisotopic (exact) mass is 371 g/mol. The molecule has 0 spiro atoms.